The highest BCUT2D eigenvalue weighted by molar-refractivity contribution is 7.47. The minimum atomic E-state index is -4.40. The quantitative estimate of drug-likeness (QED) is 0.0211. The number of allylic oxidation sites excluding steroid dienone is 24. The average Bonchev–Trinajstić information content (AvgIpc) is 3.61. The van der Waals surface area contributed by atoms with Gasteiger partial charge in [-0.1, -0.05) is 275 Å². The molecule has 0 amide bonds. The Morgan fingerprint density at radius 1 is 0.369 bits per heavy atom. The van der Waals surface area contributed by atoms with Crippen LogP contribution in [0.2, 0.25) is 0 Å². The van der Waals surface area contributed by atoms with E-state index in [1.807, 2.05) is 21.1 Å². The Kier molecular flexibility index (Phi) is 60.3. The van der Waals surface area contributed by atoms with Crippen LogP contribution in [-0.4, -0.2) is 74.9 Å². The Labute approximate surface area is 516 Å². The summed E-state index contributed by atoms with van der Waals surface area (Å²) in [7, 11) is 1.45. The van der Waals surface area contributed by atoms with E-state index < -0.39 is 32.5 Å². The minimum Gasteiger partial charge on any atom is -0.462 e. The van der Waals surface area contributed by atoms with Gasteiger partial charge in [-0.3, -0.25) is 18.6 Å². The first-order valence-electron chi connectivity index (χ1n) is 33.6. The van der Waals surface area contributed by atoms with Gasteiger partial charge >= 0.3 is 19.8 Å². The molecule has 0 saturated heterocycles. The second kappa shape index (κ2) is 63.4. The third kappa shape index (κ3) is 67.0. The van der Waals surface area contributed by atoms with E-state index in [4.69, 9.17) is 18.5 Å². The highest BCUT2D eigenvalue weighted by Crippen LogP contribution is 2.43. The number of nitrogens with zero attached hydrogens (tertiary/aromatic N) is 1. The zero-order valence-corrected chi connectivity index (χ0v) is 55.2. The molecule has 9 nitrogen and oxygen atoms in total. The number of hydrogen-bond donors (Lipinski definition) is 1. The van der Waals surface area contributed by atoms with Gasteiger partial charge in [0, 0.05) is 12.8 Å². The van der Waals surface area contributed by atoms with Crippen LogP contribution in [0.25, 0.3) is 0 Å². The SMILES string of the molecule is CC/C=C\C/C=C\C/C=C\C/C=C\C/C=C\C/C=C\C/C=C\CCCCCCCCCCCCCCCCCCCCCC(=O)OC(COC(=O)CCCCC/C=C\C/C=C\C/C=C\C/C=C\C/C=C\CC)COP(=O)(O)OCC[N+](C)(C)C. The first kappa shape index (κ1) is 79.9. The third-order valence-corrected chi connectivity index (χ3v) is 14.8. The third-order valence-electron chi connectivity index (χ3n) is 13.9. The monoisotopic (exact) mass is 1190 g/mol. The van der Waals surface area contributed by atoms with E-state index in [1.165, 1.54) is 103 Å². The second-order valence-electron chi connectivity index (χ2n) is 23.1. The van der Waals surface area contributed by atoms with Crippen molar-refractivity contribution in [3.63, 3.8) is 0 Å². The second-order valence-corrected chi connectivity index (χ2v) is 24.5. The summed E-state index contributed by atoms with van der Waals surface area (Å²) in [5.41, 5.74) is 0. The number of hydrogen-bond acceptors (Lipinski definition) is 7. The molecule has 0 aliphatic heterocycles. The maximum Gasteiger partial charge on any atom is 0.472 e. The summed E-state index contributed by atoms with van der Waals surface area (Å²) in [6.45, 7) is 4.16. The smallest absolute Gasteiger partial charge is 0.462 e. The molecule has 0 aromatic heterocycles. The molecule has 0 spiro atoms. The fraction of sp³-hybridized carbons (Fsp3) is 0.649. The summed E-state index contributed by atoms with van der Waals surface area (Å²) in [5.74, 6) is -0.837. The molecule has 0 radical (unpaired) electrons. The lowest BCUT2D eigenvalue weighted by atomic mass is 10.0. The Balaban J connectivity index is 4.02. The Morgan fingerprint density at radius 3 is 0.964 bits per heavy atom. The highest BCUT2D eigenvalue weighted by Gasteiger charge is 2.27. The molecular formula is C74H125NO8P+. The number of rotatable bonds is 60. The molecule has 0 aromatic rings. The highest BCUT2D eigenvalue weighted by atomic mass is 31.2. The standard InChI is InChI=1S/C74H124NO8P/c1-6-8-10-12-14-16-18-20-22-24-26-27-28-29-30-31-32-33-34-35-36-37-38-39-40-41-42-43-44-45-46-47-49-51-53-55-57-59-61-63-65-67-74(77)83-72(71-82-84(78,79)81-69-68-75(3,4)5)70-80-73(76)66-64-62-60-58-56-54-52-50-48-25-23-21-19-17-15-13-11-9-7-2/h8-11,14-17,20-23,26-27,29-30,32-33,35-36,48,50,54,56,72H,6-7,12-13,18-19,24-25,28,31,34,37-47,49,51-53,55,57-71H2,1-5H3/p+1/b10-8-,11-9-,16-14-,17-15-,22-20-,23-21-,27-26-,30-29-,33-32-,36-35-,50-48-,56-54-. The van der Waals surface area contributed by atoms with Gasteiger partial charge < -0.3 is 18.9 Å². The van der Waals surface area contributed by atoms with Crippen molar-refractivity contribution in [1.29, 1.82) is 0 Å². The maximum atomic E-state index is 12.9. The summed E-state index contributed by atoms with van der Waals surface area (Å²) in [5, 5.41) is 0. The summed E-state index contributed by atoms with van der Waals surface area (Å²) < 4.78 is 34.6. The molecule has 2 unspecified atom stereocenters. The van der Waals surface area contributed by atoms with Crippen LogP contribution in [-0.2, 0) is 32.7 Å². The number of phosphoric ester groups is 1. The van der Waals surface area contributed by atoms with Crippen molar-refractivity contribution in [2.75, 3.05) is 47.5 Å². The fourth-order valence-corrected chi connectivity index (χ4v) is 9.53. The van der Waals surface area contributed by atoms with Crippen LogP contribution in [0.1, 0.15) is 258 Å². The van der Waals surface area contributed by atoms with E-state index in [2.05, 4.69) is 160 Å². The van der Waals surface area contributed by atoms with Crippen LogP contribution in [0.3, 0.4) is 0 Å². The number of esters is 2. The van der Waals surface area contributed by atoms with Gasteiger partial charge in [-0.05, 0) is 116 Å². The summed E-state index contributed by atoms with van der Waals surface area (Å²) in [6.07, 6.45) is 93.8. The summed E-state index contributed by atoms with van der Waals surface area (Å²) in [4.78, 5) is 35.8. The van der Waals surface area contributed by atoms with E-state index in [9.17, 15) is 19.0 Å². The summed E-state index contributed by atoms with van der Waals surface area (Å²) in [6, 6.07) is 0. The lowest BCUT2D eigenvalue weighted by molar-refractivity contribution is -0.870. The van der Waals surface area contributed by atoms with Crippen LogP contribution in [0.5, 0.6) is 0 Å². The minimum absolute atomic E-state index is 0.0206. The molecule has 2 atom stereocenters. The number of carbonyl (C=O) groups excluding carboxylic acids is 2. The van der Waals surface area contributed by atoms with E-state index in [-0.39, 0.29) is 26.1 Å². The molecule has 478 valence electrons. The zero-order valence-electron chi connectivity index (χ0n) is 54.3. The molecule has 0 heterocycles. The molecule has 0 bridgehead atoms. The topological polar surface area (TPSA) is 108 Å². The number of ether oxygens (including phenoxy) is 2. The molecule has 0 aromatic carbocycles. The molecule has 0 saturated carbocycles. The number of quaternary nitrogens is 1. The van der Waals surface area contributed by atoms with Crippen LogP contribution < -0.4 is 0 Å². The van der Waals surface area contributed by atoms with Crippen molar-refractivity contribution < 1.29 is 42.1 Å². The molecular weight excluding hydrogens is 1060 g/mol. The number of phosphoric acid groups is 1. The maximum absolute atomic E-state index is 12.9. The number of carbonyl (C=O) groups is 2. The molecule has 0 aliphatic carbocycles. The van der Waals surface area contributed by atoms with Crippen LogP contribution in [0.4, 0.5) is 0 Å². The molecule has 1 N–H and O–H groups in total. The lowest BCUT2D eigenvalue weighted by Crippen LogP contribution is -2.37. The van der Waals surface area contributed by atoms with Gasteiger partial charge in [-0.15, -0.1) is 0 Å². The van der Waals surface area contributed by atoms with Gasteiger partial charge in [-0.2, -0.15) is 0 Å². The largest absolute Gasteiger partial charge is 0.472 e. The Morgan fingerprint density at radius 2 is 0.643 bits per heavy atom. The molecule has 0 rings (SSSR count). The zero-order chi connectivity index (χ0) is 61.2. The van der Waals surface area contributed by atoms with E-state index >= 15 is 0 Å². The Bertz CT molecular complexity index is 1930. The lowest BCUT2D eigenvalue weighted by Gasteiger charge is -2.24. The first-order valence-corrected chi connectivity index (χ1v) is 35.1. The normalized spacial score (nSPS) is 14.1. The molecule has 10 heteroatoms. The van der Waals surface area contributed by atoms with Gasteiger partial charge in [0.25, 0.3) is 0 Å². The van der Waals surface area contributed by atoms with Crippen molar-refractivity contribution in [1.82, 2.24) is 0 Å². The van der Waals surface area contributed by atoms with Crippen LogP contribution >= 0.6 is 7.82 Å². The van der Waals surface area contributed by atoms with Crippen LogP contribution in [0, 0.1) is 0 Å². The van der Waals surface area contributed by atoms with Gasteiger partial charge in [-0.25, -0.2) is 4.57 Å². The first-order chi connectivity index (χ1) is 41.0. The van der Waals surface area contributed by atoms with Gasteiger partial charge in [0.1, 0.15) is 19.8 Å². The predicted molar refractivity (Wildman–Crippen MR) is 362 cm³/mol. The van der Waals surface area contributed by atoms with Gasteiger partial charge in [0.15, 0.2) is 6.10 Å². The van der Waals surface area contributed by atoms with Gasteiger partial charge in [0.05, 0.1) is 27.7 Å². The number of likely N-dealkylation sites (N-methyl/N-ethyl adjacent to an activating group) is 1. The van der Waals surface area contributed by atoms with Crippen molar-refractivity contribution in [2.45, 2.75) is 264 Å². The predicted octanol–water partition coefficient (Wildman–Crippen LogP) is 21.8. The molecule has 0 fully saturated rings. The van der Waals surface area contributed by atoms with Gasteiger partial charge in [0.2, 0.25) is 0 Å². The Hall–Kier alpha value is -4.11. The molecule has 84 heavy (non-hydrogen) atoms. The molecule has 0 aliphatic rings. The van der Waals surface area contributed by atoms with Crippen molar-refractivity contribution in [3.05, 3.63) is 146 Å². The van der Waals surface area contributed by atoms with Crippen molar-refractivity contribution in [2.24, 2.45) is 0 Å². The van der Waals surface area contributed by atoms with Crippen LogP contribution in [0.15, 0.2) is 146 Å². The van der Waals surface area contributed by atoms with Crippen molar-refractivity contribution >= 4 is 19.8 Å². The van der Waals surface area contributed by atoms with Crippen molar-refractivity contribution in [3.8, 4) is 0 Å². The van der Waals surface area contributed by atoms with E-state index in [0.29, 0.717) is 23.9 Å². The average molecular weight is 1190 g/mol. The van der Waals surface area contributed by atoms with E-state index in [1.54, 1.807) is 0 Å². The summed E-state index contributed by atoms with van der Waals surface area (Å²) >= 11 is 0. The fourth-order valence-electron chi connectivity index (χ4n) is 8.79. The number of unbranched alkanes of at least 4 members (excludes halogenated alkanes) is 22. The van der Waals surface area contributed by atoms with E-state index in [0.717, 1.165) is 116 Å².